The quantitative estimate of drug-likeness (QED) is 0.764. The van der Waals surface area contributed by atoms with E-state index in [1.165, 1.54) is 11.3 Å². The highest BCUT2D eigenvalue weighted by Crippen LogP contribution is 2.12. The predicted molar refractivity (Wildman–Crippen MR) is 61.7 cm³/mol. The second-order valence-corrected chi connectivity index (χ2v) is 4.58. The molecule has 16 heavy (non-hydrogen) atoms. The Morgan fingerprint density at radius 3 is 3.00 bits per heavy atom. The van der Waals surface area contributed by atoms with Crippen LogP contribution in [0.1, 0.15) is 15.5 Å². The van der Waals surface area contributed by atoms with Crippen LogP contribution in [0.2, 0.25) is 0 Å². The van der Waals surface area contributed by atoms with Gasteiger partial charge in [0.05, 0.1) is 5.01 Å². The lowest BCUT2D eigenvalue weighted by Crippen LogP contribution is -2.46. The molecule has 2 rings (SSSR count). The third-order valence-electron chi connectivity index (χ3n) is 2.50. The van der Waals surface area contributed by atoms with E-state index in [-0.39, 0.29) is 12.5 Å². The van der Waals surface area contributed by atoms with Gasteiger partial charge in [-0.25, -0.2) is 4.98 Å². The van der Waals surface area contributed by atoms with Crippen molar-refractivity contribution in [2.75, 3.05) is 32.8 Å². The summed E-state index contributed by atoms with van der Waals surface area (Å²) in [7, 11) is 0. The molecule has 5 nitrogen and oxygen atoms in total. The van der Waals surface area contributed by atoms with Crippen molar-refractivity contribution >= 4 is 17.2 Å². The lowest BCUT2D eigenvalue weighted by atomic mass is 10.3. The average molecular weight is 241 g/mol. The first-order chi connectivity index (χ1) is 7.81. The molecule has 1 saturated heterocycles. The van der Waals surface area contributed by atoms with Gasteiger partial charge in [0.25, 0.3) is 5.91 Å². The molecule has 6 heteroatoms. The fraction of sp³-hybridized carbons (Fsp3) is 0.600. The van der Waals surface area contributed by atoms with Crippen molar-refractivity contribution in [1.29, 1.82) is 0 Å². The van der Waals surface area contributed by atoms with Crippen LogP contribution < -0.4 is 5.32 Å². The summed E-state index contributed by atoms with van der Waals surface area (Å²) >= 11 is 1.43. The van der Waals surface area contributed by atoms with Gasteiger partial charge >= 0.3 is 0 Å². The summed E-state index contributed by atoms with van der Waals surface area (Å²) in [5.74, 6) is 0.00180. The summed E-state index contributed by atoms with van der Waals surface area (Å²) in [6, 6.07) is 0. The summed E-state index contributed by atoms with van der Waals surface area (Å²) in [6.45, 7) is 3.25. The highest BCUT2D eigenvalue weighted by molar-refractivity contribution is 7.09. The third-order valence-corrected chi connectivity index (χ3v) is 3.41. The number of aliphatic hydroxyl groups is 1. The number of nitrogens with zero attached hydrogens (tertiary/aromatic N) is 2. The van der Waals surface area contributed by atoms with E-state index in [1.807, 2.05) is 4.90 Å². The Kier molecular flexibility index (Phi) is 3.87. The molecular weight excluding hydrogens is 226 g/mol. The van der Waals surface area contributed by atoms with E-state index in [9.17, 15) is 4.79 Å². The van der Waals surface area contributed by atoms with Gasteiger partial charge in [0.15, 0.2) is 0 Å². The second-order valence-electron chi connectivity index (χ2n) is 3.64. The molecule has 88 valence electrons. The minimum Gasteiger partial charge on any atom is -0.396 e. The van der Waals surface area contributed by atoms with Crippen molar-refractivity contribution in [2.24, 2.45) is 0 Å². The number of nitrogens with one attached hydrogen (secondary N) is 1. The van der Waals surface area contributed by atoms with Crippen LogP contribution in [0, 0.1) is 0 Å². The number of aliphatic hydroxyl groups excluding tert-OH is 1. The fourth-order valence-corrected chi connectivity index (χ4v) is 2.41. The highest BCUT2D eigenvalue weighted by Gasteiger charge is 2.20. The molecule has 1 fully saturated rings. The van der Waals surface area contributed by atoms with E-state index in [2.05, 4.69) is 10.3 Å². The molecule has 2 heterocycles. The van der Waals surface area contributed by atoms with Crippen molar-refractivity contribution in [3.63, 3.8) is 0 Å². The number of amides is 1. The molecule has 0 radical (unpaired) electrons. The molecule has 0 saturated carbocycles. The van der Waals surface area contributed by atoms with Gasteiger partial charge in [0, 0.05) is 44.6 Å². The molecular formula is C10H15N3O2S. The Balaban J connectivity index is 2.01. The first-order valence-electron chi connectivity index (χ1n) is 5.36. The molecule has 1 aliphatic heterocycles. The molecule has 0 spiro atoms. The van der Waals surface area contributed by atoms with Crippen LogP contribution in [0.15, 0.2) is 5.38 Å². The fourth-order valence-electron chi connectivity index (χ4n) is 1.65. The van der Waals surface area contributed by atoms with Crippen molar-refractivity contribution in [2.45, 2.75) is 6.42 Å². The Morgan fingerprint density at radius 1 is 1.56 bits per heavy atom. The molecule has 1 amide bonds. The van der Waals surface area contributed by atoms with Crippen molar-refractivity contribution in [3.05, 3.63) is 16.1 Å². The van der Waals surface area contributed by atoms with E-state index in [1.54, 1.807) is 5.38 Å². The number of piperazine rings is 1. The summed E-state index contributed by atoms with van der Waals surface area (Å²) in [5, 5.41) is 14.6. The van der Waals surface area contributed by atoms with Crippen LogP contribution in [0.4, 0.5) is 0 Å². The van der Waals surface area contributed by atoms with Gasteiger partial charge in [0.1, 0.15) is 5.69 Å². The molecule has 0 atom stereocenters. The normalized spacial score (nSPS) is 16.4. The highest BCUT2D eigenvalue weighted by atomic mass is 32.1. The molecule has 2 N–H and O–H groups in total. The van der Waals surface area contributed by atoms with Gasteiger partial charge in [-0.2, -0.15) is 0 Å². The molecule has 0 aliphatic carbocycles. The van der Waals surface area contributed by atoms with Crippen LogP contribution >= 0.6 is 11.3 Å². The molecule has 0 aromatic carbocycles. The number of thiazole rings is 1. The lowest BCUT2D eigenvalue weighted by molar-refractivity contribution is 0.0730. The SMILES string of the molecule is O=C(c1csc(CCO)n1)N1CCNCC1. The average Bonchev–Trinajstić information content (AvgIpc) is 2.78. The number of hydrogen-bond acceptors (Lipinski definition) is 5. The van der Waals surface area contributed by atoms with E-state index >= 15 is 0 Å². The maximum Gasteiger partial charge on any atom is 0.273 e. The van der Waals surface area contributed by atoms with Crippen LogP contribution in [-0.4, -0.2) is 53.7 Å². The summed E-state index contributed by atoms with van der Waals surface area (Å²) in [5.41, 5.74) is 0.510. The number of rotatable bonds is 3. The van der Waals surface area contributed by atoms with Gasteiger partial charge in [0.2, 0.25) is 0 Å². The molecule has 1 aromatic rings. The zero-order valence-electron chi connectivity index (χ0n) is 8.98. The molecule has 1 aromatic heterocycles. The van der Waals surface area contributed by atoms with Gasteiger partial charge in [-0.1, -0.05) is 0 Å². The summed E-state index contributed by atoms with van der Waals surface area (Å²) < 4.78 is 0. The van der Waals surface area contributed by atoms with Crippen LogP contribution in [-0.2, 0) is 6.42 Å². The Labute approximate surface area is 98.1 Å². The van der Waals surface area contributed by atoms with E-state index in [4.69, 9.17) is 5.11 Å². The zero-order valence-corrected chi connectivity index (χ0v) is 9.79. The van der Waals surface area contributed by atoms with Gasteiger partial charge in [-0.15, -0.1) is 11.3 Å². The molecule has 0 bridgehead atoms. The van der Waals surface area contributed by atoms with Crippen molar-refractivity contribution in [1.82, 2.24) is 15.2 Å². The number of carbonyl (C=O) groups excluding carboxylic acids is 1. The second kappa shape index (κ2) is 5.38. The van der Waals surface area contributed by atoms with Crippen LogP contribution in [0.3, 0.4) is 0 Å². The largest absolute Gasteiger partial charge is 0.396 e. The Bertz CT molecular complexity index is 361. The maximum absolute atomic E-state index is 12.0. The van der Waals surface area contributed by atoms with E-state index in [0.717, 1.165) is 31.2 Å². The van der Waals surface area contributed by atoms with Gasteiger partial charge in [-0.05, 0) is 0 Å². The lowest BCUT2D eigenvalue weighted by Gasteiger charge is -2.26. The first kappa shape index (κ1) is 11.5. The molecule has 0 unspecified atom stereocenters. The maximum atomic E-state index is 12.0. The smallest absolute Gasteiger partial charge is 0.273 e. The zero-order chi connectivity index (χ0) is 11.4. The predicted octanol–water partition coefficient (Wildman–Crippen LogP) is -0.277. The third kappa shape index (κ3) is 2.58. The topological polar surface area (TPSA) is 65.5 Å². The number of hydrogen-bond donors (Lipinski definition) is 2. The van der Waals surface area contributed by atoms with E-state index < -0.39 is 0 Å². The van der Waals surface area contributed by atoms with Crippen molar-refractivity contribution in [3.8, 4) is 0 Å². The molecule has 1 aliphatic rings. The van der Waals surface area contributed by atoms with Crippen molar-refractivity contribution < 1.29 is 9.90 Å². The summed E-state index contributed by atoms with van der Waals surface area (Å²) in [6.07, 6.45) is 0.527. The first-order valence-corrected chi connectivity index (χ1v) is 6.24. The minimum atomic E-state index is 0.00180. The number of aromatic nitrogens is 1. The summed E-state index contributed by atoms with van der Waals surface area (Å²) in [4.78, 5) is 18.0. The number of carbonyl (C=O) groups is 1. The standard InChI is InChI=1S/C10H15N3O2S/c14-6-1-9-12-8(7-16-9)10(15)13-4-2-11-3-5-13/h7,11,14H,1-6H2. The Hall–Kier alpha value is -0.980. The van der Waals surface area contributed by atoms with E-state index in [0.29, 0.717) is 12.1 Å². The monoisotopic (exact) mass is 241 g/mol. The Morgan fingerprint density at radius 2 is 2.31 bits per heavy atom. The van der Waals surface area contributed by atoms with Crippen LogP contribution in [0.5, 0.6) is 0 Å². The van der Waals surface area contributed by atoms with Gasteiger partial charge in [-0.3, -0.25) is 4.79 Å². The van der Waals surface area contributed by atoms with Gasteiger partial charge < -0.3 is 15.3 Å². The van der Waals surface area contributed by atoms with Crippen LogP contribution in [0.25, 0.3) is 0 Å². The minimum absolute atomic E-state index is 0.00180.